The van der Waals surface area contributed by atoms with Gasteiger partial charge in [-0.15, -0.1) is 0 Å². The second-order valence-corrected chi connectivity index (χ2v) is 6.41. The number of ether oxygens (including phenoxy) is 1. The summed E-state index contributed by atoms with van der Waals surface area (Å²) in [6.07, 6.45) is 3.35. The van der Waals surface area contributed by atoms with Gasteiger partial charge >= 0.3 is 0 Å². The third kappa shape index (κ3) is 4.96. The predicted octanol–water partition coefficient (Wildman–Crippen LogP) is 0.549. The zero-order chi connectivity index (χ0) is 17.5. The van der Waals surface area contributed by atoms with Crippen LogP contribution in [-0.2, 0) is 9.59 Å². The largest absolute Gasteiger partial charge is 0.497 e. The van der Waals surface area contributed by atoms with Crippen LogP contribution < -0.4 is 15.0 Å². The van der Waals surface area contributed by atoms with E-state index in [-0.39, 0.29) is 24.4 Å². The first-order chi connectivity index (χ1) is 11.5. The number of hydrogen-bond acceptors (Lipinski definition) is 3. The lowest BCUT2D eigenvalue weighted by molar-refractivity contribution is -0.886. The van der Waals surface area contributed by atoms with Gasteiger partial charge in [-0.05, 0) is 38.3 Å². The first kappa shape index (κ1) is 18.3. The molecule has 0 saturated carbocycles. The van der Waals surface area contributed by atoms with Crippen molar-refractivity contribution in [2.75, 3.05) is 39.1 Å². The maximum absolute atomic E-state index is 12.5. The van der Waals surface area contributed by atoms with Gasteiger partial charge in [-0.25, -0.2) is 0 Å². The molecule has 6 heteroatoms. The number of anilines is 1. The number of carbonyl (C=O) groups is 2. The number of benzene rings is 1. The van der Waals surface area contributed by atoms with E-state index in [9.17, 15) is 9.59 Å². The molecule has 1 aliphatic rings. The number of nitrogens with zero attached hydrogens (tertiary/aromatic N) is 1. The summed E-state index contributed by atoms with van der Waals surface area (Å²) >= 11 is 0. The average molecular weight is 334 g/mol. The summed E-state index contributed by atoms with van der Waals surface area (Å²) in [5.41, 5.74) is 0.696. The summed E-state index contributed by atoms with van der Waals surface area (Å²) in [5.74, 6) is 0.725. The number of hydrogen-bond donors (Lipinski definition) is 2. The average Bonchev–Trinajstić information content (AvgIpc) is 2.61. The van der Waals surface area contributed by atoms with Crippen molar-refractivity contribution in [1.29, 1.82) is 0 Å². The van der Waals surface area contributed by atoms with E-state index in [1.807, 2.05) is 37.1 Å². The van der Waals surface area contributed by atoms with E-state index in [1.165, 1.54) is 6.42 Å². The van der Waals surface area contributed by atoms with E-state index in [2.05, 4.69) is 5.32 Å². The Hall–Kier alpha value is -2.08. The SMILES string of the molecule is COc1cccc(NC(=O)C[NH+](C)[C@@H](C)C(=O)N2CCCCC2)c1. The van der Waals surface area contributed by atoms with Crippen molar-refractivity contribution in [3.8, 4) is 5.75 Å². The lowest BCUT2D eigenvalue weighted by atomic mass is 10.1. The van der Waals surface area contributed by atoms with Crippen molar-refractivity contribution < 1.29 is 19.2 Å². The molecule has 0 spiro atoms. The molecule has 2 N–H and O–H groups in total. The summed E-state index contributed by atoms with van der Waals surface area (Å²) < 4.78 is 5.15. The van der Waals surface area contributed by atoms with Crippen LogP contribution in [0.15, 0.2) is 24.3 Å². The Morgan fingerprint density at radius 2 is 2.00 bits per heavy atom. The molecule has 0 bridgehead atoms. The van der Waals surface area contributed by atoms with Crippen LogP contribution >= 0.6 is 0 Å². The van der Waals surface area contributed by atoms with E-state index in [4.69, 9.17) is 4.74 Å². The first-order valence-corrected chi connectivity index (χ1v) is 8.56. The van der Waals surface area contributed by atoms with Crippen LogP contribution in [0.1, 0.15) is 26.2 Å². The molecule has 2 atom stereocenters. The molecule has 1 aromatic rings. The Morgan fingerprint density at radius 1 is 1.29 bits per heavy atom. The smallest absolute Gasteiger partial charge is 0.280 e. The molecule has 1 aliphatic heterocycles. The lowest BCUT2D eigenvalue weighted by Gasteiger charge is -2.30. The fraction of sp³-hybridized carbons (Fsp3) is 0.556. The van der Waals surface area contributed by atoms with Crippen molar-refractivity contribution in [3.05, 3.63) is 24.3 Å². The number of nitrogens with one attached hydrogen (secondary N) is 2. The van der Waals surface area contributed by atoms with E-state index >= 15 is 0 Å². The highest BCUT2D eigenvalue weighted by molar-refractivity contribution is 5.91. The molecule has 6 nitrogen and oxygen atoms in total. The number of quaternary nitrogens is 1. The van der Waals surface area contributed by atoms with Gasteiger partial charge in [-0.2, -0.15) is 0 Å². The molecule has 132 valence electrons. The van der Waals surface area contributed by atoms with Crippen LogP contribution in [0.4, 0.5) is 5.69 Å². The third-order valence-electron chi connectivity index (χ3n) is 4.57. The summed E-state index contributed by atoms with van der Waals surface area (Å²) in [6.45, 7) is 3.82. The molecular weight excluding hydrogens is 306 g/mol. The van der Waals surface area contributed by atoms with Gasteiger partial charge < -0.3 is 19.9 Å². The summed E-state index contributed by atoms with van der Waals surface area (Å²) in [7, 11) is 3.48. The molecule has 1 heterocycles. The Kier molecular flexibility index (Phi) is 6.61. The van der Waals surface area contributed by atoms with Gasteiger partial charge in [0, 0.05) is 24.8 Å². The van der Waals surface area contributed by atoms with E-state index in [1.54, 1.807) is 13.2 Å². The summed E-state index contributed by atoms with van der Waals surface area (Å²) in [6, 6.07) is 7.02. The van der Waals surface area contributed by atoms with Gasteiger partial charge in [0.15, 0.2) is 12.6 Å². The minimum atomic E-state index is -0.223. The first-order valence-electron chi connectivity index (χ1n) is 8.56. The zero-order valence-electron chi connectivity index (χ0n) is 14.8. The highest BCUT2D eigenvalue weighted by Gasteiger charge is 2.29. The quantitative estimate of drug-likeness (QED) is 0.799. The van der Waals surface area contributed by atoms with E-state index in [0.29, 0.717) is 11.4 Å². The molecular formula is C18H28N3O3+. The zero-order valence-corrected chi connectivity index (χ0v) is 14.8. The molecule has 2 amide bonds. The summed E-state index contributed by atoms with van der Waals surface area (Å²) in [5, 5.41) is 2.86. The maximum Gasteiger partial charge on any atom is 0.280 e. The number of carbonyl (C=O) groups excluding carboxylic acids is 2. The standard InChI is InChI=1S/C18H27N3O3/c1-14(18(23)21-10-5-4-6-11-21)20(2)13-17(22)19-15-8-7-9-16(12-15)24-3/h7-9,12,14H,4-6,10-11,13H2,1-3H3,(H,19,22)/p+1/t14-/m0/s1. The second-order valence-electron chi connectivity index (χ2n) is 6.41. The number of likely N-dealkylation sites (tertiary alicyclic amines) is 1. The number of methoxy groups -OCH3 is 1. The minimum absolute atomic E-state index is 0.112. The van der Waals surface area contributed by atoms with Gasteiger partial charge in [-0.1, -0.05) is 6.07 Å². The third-order valence-corrected chi connectivity index (χ3v) is 4.57. The molecule has 0 aromatic heterocycles. The predicted molar refractivity (Wildman–Crippen MR) is 93.3 cm³/mol. The Morgan fingerprint density at radius 3 is 2.67 bits per heavy atom. The Balaban J connectivity index is 1.86. The van der Waals surface area contributed by atoms with Crippen molar-refractivity contribution in [2.45, 2.75) is 32.2 Å². The van der Waals surface area contributed by atoms with E-state index in [0.717, 1.165) is 30.8 Å². The van der Waals surface area contributed by atoms with Crippen molar-refractivity contribution in [3.63, 3.8) is 0 Å². The Labute approximate surface area is 143 Å². The highest BCUT2D eigenvalue weighted by atomic mass is 16.5. The van der Waals surface area contributed by atoms with Crippen molar-refractivity contribution in [2.24, 2.45) is 0 Å². The van der Waals surface area contributed by atoms with Gasteiger partial charge in [0.05, 0.1) is 14.2 Å². The van der Waals surface area contributed by atoms with Crippen LogP contribution in [-0.4, -0.2) is 56.5 Å². The fourth-order valence-electron chi connectivity index (χ4n) is 2.91. The minimum Gasteiger partial charge on any atom is -0.497 e. The monoisotopic (exact) mass is 334 g/mol. The van der Waals surface area contributed by atoms with Crippen LogP contribution in [0.5, 0.6) is 5.75 Å². The van der Waals surface area contributed by atoms with Crippen LogP contribution in [0, 0.1) is 0 Å². The van der Waals surface area contributed by atoms with Gasteiger partial charge in [0.2, 0.25) is 0 Å². The van der Waals surface area contributed by atoms with E-state index < -0.39 is 0 Å². The molecule has 1 fully saturated rings. The van der Waals surface area contributed by atoms with Gasteiger partial charge in [0.1, 0.15) is 5.75 Å². The molecule has 24 heavy (non-hydrogen) atoms. The Bertz CT molecular complexity index is 570. The molecule has 2 rings (SSSR count). The number of likely N-dealkylation sites (N-methyl/N-ethyl adjacent to an activating group) is 1. The van der Waals surface area contributed by atoms with Crippen LogP contribution in [0.25, 0.3) is 0 Å². The molecule has 1 unspecified atom stereocenters. The highest BCUT2D eigenvalue weighted by Crippen LogP contribution is 2.16. The molecule has 0 radical (unpaired) electrons. The van der Waals surface area contributed by atoms with Crippen molar-refractivity contribution >= 4 is 17.5 Å². The second kappa shape index (κ2) is 8.68. The molecule has 1 saturated heterocycles. The molecule has 0 aliphatic carbocycles. The maximum atomic E-state index is 12.5. The molecule has 1 aromatic carbocycles. The van der Waals surface area contributed by atoms with Crippen LogP contribution in [0.3, 0.4) is 0 Å². The fourth-order valence-corrected chi connectivity index (χ4v) is 2.91. The van der Waals surface area contributed by atoms with Crippen LogP contribution in [0.2, 0.25) is 0 Å². The van der Waals surface area contributed by atoms with Crippen molar-refractivity contribution in [1.82, 2.24) is 4.90 Å². The normalized spacial score (nSPS) is 17.0. The van der Waals surface area contributed by atoms with Gasteiger partial charge in [0.25, 0.3) is 11.8 Å². The number of amides is 2. The lowest BCUT2D eigenvalue weighted by Crippen LogP contribution is -3.15. The summed E-state index contributed by atoms with van der Waals surface area (Å²) in [4.78, 5) is 27.6. The number of piperidine rings is 1. The topological polar surface area (TPSA) is 63.1 Å². The number of rotatable bonds is 6. The van der Waals surface area contributed by atoms with Gasteiger partial charge in [-0.3, -0.25) is 9.59 Å².